The standard InChI is InChI=1S/C16H16N4O2/c1-10-14-15(18-9-19-16(14)22-20-10)17-8-11-4-5-13-12(7-11)3-2-6-21-13/h4-5,7,9H,2-3,6,8H2,1H3,(H,17,18,19). The number of aryl methyl sites for hydroxylation is 2. The number of nitrogens with zero attached hydrogens (tertiary/aromatic N) is 3. The van der Waals surface area contributed by atoms with Crippen LogP contribution in [0.25, 0.3) is 11.1 Å². The van der Waals surface area contributed by atoms with Gasteiger partial charge in [0.1, 0.15) is 23.3 Å². The van der Waals surface area contributed by atoms with E-state index in [-0.39, 0.29) is 0 Å². The van der Waals surface area contributed by atoms with E-state index < -0.39 is 0 Å². The second-order valence-electron chi connectivity index (χ2n) is 5.42. The molecule has 1 N–H and O–H groups in total. The lowest BCUT2D eigenvalue weighted by Gasteiger charge is -2.18. The molecule has 0 spiro atoms. The average Bonchev–Trinajstić information content (AvgIpc) is 2.95. The summed E-state index contributed by atoms with van der Waals surface area (Å²) in [6, 6.07) is 6.32. The van der Waals surface area contributed by atoms with Crippen molar-refractivity contribution in [3.8, 4) is 5.75 Å². The van der Waals surface area contributed by atoms with E-state index in [2.05, 4.69) is 32.6 Å². The summed E-state index contributed by atoms with van der Waals surface area (Å²) in [7, 11) is 0. The van der Waals surface area contributed by atoms with Crippen molar-refractivity contribution < 1.29 is 9.26 Å². The van der Waals surface area contributed by atoms with E-state index in [9.17, 15) is 0 Å². The van der Waals surface area contributed by atoms with Crippen LogP contribution in [0, 0.1) is 6.92 Å². The molecule has 0 amide bonds. The van der Waals surface area contributed by atoms with Crippen molar-refractivity contribution in [1.82, 2.24) is 15.1 Å². The van der Waals surface area contributed by atoms with Crippen LogP contribution in [0.5, 0.6) is 5.75 Å². The number of benzene rings is 1. The maximum Gasteiger partial charge on any atom is 0.263 e. The highest BCUT2D eigenvalue weighted by Crippen LogP contribution is 2.27. The quantitative estimate of drug-likeness (QED) is 0.801. The number of anilines is 1. The molecule has 0 saturated heterocycles. The van der Waals surface area contributed by atoms with Gasteiger partial charge < -0.3 is 14.6 Å². The Morgan fingerprint density at radius 3 is 3.18 bits per heavy atom. The second-order valence-corrected chi connectivity index (χ2v) is 5.42. The highest BCUT2D eigenvalue weighted by molar-refractivity contribution is 5.87. The van der Waals surface area contributed by atoms with Gasteiger partial charge >= 0.3 is 0 Å². The van der Waals surface area contributed by atoms with Crippen molar-refractivity contribution in [2.45, 2.75) is 26.3 Å². The second kappa shape index (κ2) is 5.29. The van der Waals surface area contributed by atoms with Crippen molar-refractivity contribution in [1.29, 1.82) is 0 Å². The first-order chi connectivity index (χ1) is 10.8. The zero-order chi connectivity index (χ0) is 14.9. The minimum absolute atomic E-state index is 0.508. The summed E-state index contributed by atoms with van der Waals surface area (Å²) in [5, 5.41) is 8.12. The SMILES string of the molecule is Cc1noc2ncnc(NCc3ccc4c(c3)CCCO4)c12. The summed E-state index contributed by atoms with van der Waals surface area (Å²) >= 11 is 0. The third kappa shape index (κ3) is 2.26. The van der Waals surface area contributed by atoms with Gasteiger partial charge in [-0.25, -0.2) is 4.98 Å². The molecular formula is C16H16N4O2. The molecule has 0 aliphatic carbocycles. The summed E-state index contributed by atoms with van der Waals surface area (Å²) in [6.07, 6.45) is 3.64. The summed E-state index contributed by atoms with van der Waals surface area (Å²) < 4.78 is 10.8. The molecule has 1 aliphatic heterocycles. The molecule has 0 fully saturated rings. The van der Waals surface area contributed by atoms with Gasteiger partial charge in [-0.15, -0.1) is 0 Å². The molecule has 4 rings (SSSR count). The third-order valence-corrected chi connectivity index (χ3v) is 3.88. The molecule has 22 heavy (non-hydrogen) atoms. The van der Waals surface area contributed by atoms with E-state index in [1.54, 1.807) is 0 Å². The Hall–Kier alpha value is -2.63. The molecule has 112 valence electrons. The van der Waals surface area contributed by atoms with Crippen molar-refractivity contribution >= 4 is 16.9 Å². The smallest absolute Gasteiger partial charge is 0.263 e. The van der Waals surface area contributed by atoms with Gasteiger partial charge in [-0.1, -0.05) is 17.3 Å². The molecular weight excluding hydrogens is 280 g/mol. The fraction of sp³-hybridized carbons (Fsp3) is 0.312. The van der Waals surface area contributed by atoms with Crippen LogP contribution in [0.3, 0.4) is 0 Å². The maximum atomic E-state index is 5.64. The predicted octanol–water partition coefficient (Wildman–Crippen LogP) is 2.86. The van der Waals surface area contributed by atoms with Crippen LogP contribution in [0.2, 0.25) is 0 Å². The Morgan fingerprint density at radius 2 is 2.23 bits per heavy atom. The summed E-state index contributed by atoms with van der Waals surface area (Å²) in [5.74, 6) is 1.76. The first-order valence-corrected chi connectivity index (χ1v) is 7.37. The highest BCUT2D eigenvalue weighted by atomic mass is 16.5. The summed E-state index contributed by atoms with van der Waals surface area (Å²) in [4.78, 5) is 8.37. The topological polar surface area (TPSA) is 73.1 Å². The van der Waals surface area contributed by atoms with Crippen LogP contribution in [-0.4, -0.2) is 21.7 Å². The Morgan fingerprint density at radius 1 is 1.27 bits per heavy atom. The van der Waals surface area contributed by atoms with Gasteiger partial charge in [0.15, 0.2) is 0 Å². The molecule has 0 radical (unpaired) electrons. The Kier molecular flexibility index (Phi) is 3.14. The predicted molar refractivity (Wildman–Crippen MR) is 81.9 cm³/mol. The third-order valence-electron chi connectivity index (χ3n) is 3.88. The van der Waals surface area contributed by atoms with Gasteiger partial charge in [-0.2, -0.15) is 4.98 Å². The van der Waals surface area contributed by atoms with E-state index >= 15 is 0 Å². The largest absolute Gasteiger partial charge is 0.493 e. The molecule has 0 atom stereocenters. The minimum Gasteiger partial charge on any atom is -0.493 e. The highest BCUT2D eigenvalue weighted by Gasteiger charge is 2.13. The van der Waals surface area contributed by atoms with Gasteiger partial charge in [-0.05, 0) is 37.0 Å². The average molecular weight is 296 g/mol. The summed E-state index contributed by atoms with van der Waals surface area (Å²) in [6.45, 7) is 3.39. The lowest BCUT2D eigenvalue weighted by atomic mass is 10.0. The number of hydrogen-bond donors (Lipinski definition) is 1. The van der Waals surface area contributed by atoms with Crippen molar-refractivity contribution in [2.75, 3.05) is 11.9 Å². The van der Waals surface area contributed by atoms with Crippen molar-refractivity contribution in [3.63, 3.8) is 0 Å². The first kappa shape index (κ1) is 13.1. The monoisotopic (exact) mass is 296 g/mol. The van der Waals surface area contributed by atoms with Gasteiger partial charge in [0.2, 0.25) is 0 Å². The Balaban J connectivity index is 1.58. The van der Waals surface area contributed by atoms with Crippen LogP contribution >= 0.6 is 0 Å². The molecule has 0 unspecified atom stereocenters. The van der Waals surface area contributed by atoms with Crippen LogP contribution in [-0.2, 0) is 13.0 Å². The van der Waals surface area contributed by atoms with Crippen molar-refractivity contribution in [2.24, 2.45) is 0 Å². The normalized spacial score (nSPS) is 13.7. The number of rotatable bonds is 3. The molecule has 2 aromatic heterocycles. The summed E-state index contributed by atoms with van der Waals surface area (Å²) in [5.41, 5.74) is 3.77. The van der Waals surface area contributed by atoms with Crippen LogP contribution in [0.4, 0.5) is 5.82 Å². The van der Waals surface area contributed by atoms with E-state index in [0.29, 0.717) is 12.3 Å². The maximum absolute atomic E-state index is 5.64. The molecule has 1 aromatic carbocycles. The van der Waals surface area contributed by atoms with Crippen LogP contribution in [0.15, 0.2) is 29.0 Å². The van der Waals surface area contributed by atoms with Crippen LogP contribution < -0.4 is 10.1 Å². The number of ether oxygens (including phenoxy) is 1. The zero-order valence-corrected chi connectivity index (χ0v) is 12.3. The Bertz CT molecular complexity index is 828. The zero-order valence-electron chi connectivity index (χ0n) is 12.3. The minimum atomic E-state index is 0.508. The molecule has 6 nitrogen and oxygen atoms in total. The number of fused-ring (bicyclic) bond motifs is 2. The van der Waals surface area contributed by atoms with E-state index in [1.165, 1.54) is 17.5 Å². The van der Waals surface area contributed by atoms with E-state index in [1.807, 2.05) is 13.0 Å². The molecule has 6 heteroatoms. The van der Waals surface area contributed by atoms with Gasteiger partial charge in [-0.3, -0.25) is 0 Å². The molecule has 3 heterocycles. The lowest BCUT2D eigenvalue weighted by molar-refractivity contribution is 0.288. The Labute approximate surface area is 127 Å². The molecule has 3 aromatic rings. The van der Waals surface area contributed by atoms with E-state index in [4.69, 9.17) is 9.26 Å². The number of aromatic nitrogens is 3. The fourth-order valence-corrected chi connectivity index (χ4v) is 2.77. The van der Waals surface area contributed by atoms with Gasteiger partial charge in [0.25, 0.3) is 5.71 Å². The van der Waals surface area contributed by atoms with Crippen LogP contribution in [0.1, 0.15) is 23.2 Å². The van der Waals surface area contributed by atoms with Crippen molar-refractivity contribution in [3.05, 3.63) is 41.3 Å². The van der Waals surface area contributed by atoms with Gasteiger partial charge in [0, 0.05) is 6.54 Å². The number of hydrogen-bond acceptors (Lipinski definition) is 6. The number of nitrogens with one attached hydrogen (secondary N) is 1. The molecule has 0 bridgehead atoms. The molecule has 0 saturated carbocycles. The molecule has 1 aliphatic rings. The van der Waals surface area contributed by atoms with Gasteiger partial charge in [0.05, 0.1) is 12.3 Å². The van der Waals surface area contributed by atoms with E-state index in [0.717, 1.165) is 42.1 Å². The lowest BCUT2D eigenvalue weighted by Crippen LogP contribution is -2.09. The fourth-order valence-electron chi connectivity index (χ4n) is 2.77. The first-order valence-electron chi connectivity index (χ1n) is 7.37.